The van der Waals surface area contributed by atoms with Crippen molar-refractivity contribution in [2.75, 3.05) is 20.3 Å². The molecule has 2 unspecified atom stereocenters. The second kappa shape index (κ2) is 9.32. The molecular weight excluding hydrogens is 242 g/mol. The summed E-state index contributed by atoms with van der Waals surface area (Å²) >= 11 is 0. The summed E-state index contributed by atoms with van der Waals surface area (Å²) in [5.74, 6) is 0.496. The number of ether oxygens (including phenoxy) is 2. The normalized spacial score (nSPS) is 16.2. The molecule has 0 spiro atoms. The molecule has 0 heterocycles. The number of likely N-dealkylation sites (N-methyl/N-ethyl adjacent to an activating group) is 1. The van der Waals surface area contributed by atoms with Crippen molar-refractivity contribution in [2.24, 2.45) is 5.92 Å². The van der Waals surface area contributed by atoms with Crippen LogP contribution in [0.15, 0.2) is 0 Å². The van der Waals surface area contributed by atoms with Crippen LogP contribution in [0.2, 0.25) is 0 Å². The van der Waals surface area contributed by atoms with Crippen LogP contribution in [-0.4, -0.2) is 37.9 Å². The number of nitrogens with one attached hydrogen (secondary N) is 1. The Kier molecular flexibility index (Phi) is 9.02. The molecule has 0 bridgehead atoms. The number of carbonyl (C=O) groups is 1. The molecule has 0 aromatic rings. The van der Waals surface area contributed by atoms with Crippen LogP contribution in [0.1, 0.15) is 53.9 Å². The predicted octanol–water partition coefficient (Wildman–Crippen LogP) is 2.76. The van der Waals surface area contributed by atoms with E-state index in [0.717, 1.165) is 13.0 Å². The van der Waals surface area contributed by atoms with Crippen LogP contribution < -0.4 is 5.32 Å². The van der Waals surface area contributed by atoms with Crippen LogP contribution in [0, 0.1) is 5.92 Å². The number of hydrogen-bond acceptors (Lipinski definition) is 4. The van der Waals surface area contributed by atoms with Gasteiger partial charge in [-0.25, -0.2) is 0 Å². The van der Waals surface area contributed by atoms with E-state index in [1.165, 1.54) is 6.42 Å². The molecule has 19 heavy (non-hydrogen) atoms. The van der Waals surface area contributed by atoms with Crippen molar-refractivity contribution >= 4 is 5.97 Å². The van der Waals surface area contributed by atoms with E-state index >= 15 is 0 Å². The number of rotatable bonds is 10. The third-order valence-electron chi connectivity index (χ3n) is 3.30. The molecule has 0 aromatic heterocycles. The van der Waals surface area contributed by atoms with E-state index in [0.29, 0.717) is 18.9 Å². The van der Waals surface area contributed by atoms with E-state index in [1.54, 1.807) is 7.05 Å². The molecule has 0 amide bonds. The molecule has 0 rings (SSSR count). The van der Waals surface area contributed by atoms with E-state index < -0.39 is 5.54 Å². The highest BCUT2D eigenvalue weighted by molar-refractivity contribution is 5.80. The average molecular weight is 273 g/mol. The fourth-order valence-corrected chi connectivity index (χ4v) is 1.99. The summed E-state index contributed by atoms with van der Waals surface area (Å²) in [4.78, 5) is 11.9. The van der Waals surface area contributed by atoms with Gasteiger partial charge in [-0.1, -0.05) is 13.8 Å². The van der Waals surface area contributed by atoms with Gasteiger partial charge < -0.3 is 14.8 Å². The van der Waals surface area contributed by atoms with Crippen molar-refractivity contribution in [2.45, 2.75) is 65.5 Å². The van der Waals surface area contributed by atoms with Gasteiger partial charge in [0.2, 0.25) is 0 Å². The van der Waals surface area contributed by atoms with Crippen molar-refractivity contribution in [1.29, 1.82) is 0 Å². The van der Waals surface area contributed by atoms with Crippen LogP contribution in [0.3, 0.4) is 0 Å². The van der Waals surface area contributed by atoms with Crippen molar-refractivity contribution in [3.05, 3.63) is 0 Å². The lowest BCUT2D eigenvalue weighted by atomic mass is 9.95. The minimum atomic E-state index is -0.673. The van der Waals surface area contributed by atoms with Crippen molar-refractivity contribution in [3.8, 4) is 0 Å². The fraction of sp³-hybridized carbons (Fsp3) is 0.933. The highest BCUT2D eigenvalue weighted by Crippen LogP contribution is 2.17. The smallest absolute Gasteiger partial charge is 0.326 e. The highest BCUT2D eigenvalue weighted by atomic mass is 16.5. The summed E-state index contributed by atoms with van der Waals surface area (Å²) in [6, 6.07) is 0. The van der Waals surface area contributed by atoms with Gasteiger partial charge in [0.1, 0.15) is 5.54 Å². The van der Waals surface area contributed by atoms with Crippen molar-refractivity contribution in [1.82, 2.24) is 5.32 Å². The Morgan fingerprint density at radius 1 is 1.32 bits per heavy atom. The molecule has 0 aliphatic rings. The Balaban J connectivity index is 4.11. The zero-order valence-corrected chi connectivity index (χ0v) is 13.4. The van der Waals surface area contributed by atoms with Gasteiger partial charge >= 0.3 is 5.97 Å². The second-order valence-electron chi connectivity index (χ2n) is 5.72. The van der Waals surface area contributed by atoms with E-state index in [9.17, 15) is 4.79 Å². The average Bonchev–Trinajstić information content (AvgIpc) is 2.34. The standard InChI is InChI=1S/C15H31NO3/c1-7-18-14(17)15(5,16-6)11-13(4)19-10-8-9-12(2)3/h12-13,16H,7-11H2,1-6H3. The molecule has 0 fully saturated rings. The van der Waals surface area contributed by atoms with Crippen LogP contribution in [0.5, 0.6) is 0 Å². The first kappa shape index (κ1) is 18.4. The lowest BCUT2D eigenvalue weighted by Crippen LogP contribution is -2.50. The first-order chi connectivity index (χ1) is 8.85. The zero-order chi connectivity index (χ0) is 14.9. The molecule has 2 atom stereocenters. The quantitative estimate of drug-likeness (QED) is 0.491. The van der Waals surface area contributed by atoms with Crippen molar-refractivity contribution in [3.63, 3.8) is 0 Å². The summed E-state index contributed by atoms with van der Waals surface area (Å²) in [6.07, 6.45) is 2.89. The summed E-state index contributed by atoms with van der Waals surface area (Å²) in [5, 5.41) is 3.05. The second-order valence-corrected chi connectivity index (χ2v) is 5.72. The maximum absolute atomic E-state index is 11.9. The zero-order valence-electron chi connectivity index (χ0n) is 13.4. The van der Waals surface area contributed by atoms with Gasteiger partial charge in [0.15, 0.2) is 0 Å². The summed E-state index contributed by atoms with van der Waals surface area (Å²) < 4.78 is 10.9. The molecule has 0 aliphatic heterocycles. The fourth-order valence-electron chi connectivity index (χ4n) is 1.99. The Bertz CT molecular complexity index is 256. The van der Waals surface area contributed by atoms with Crippen LogP contribution in [0.25, 0.3) is 0 Å². The minimum absolute atomic E-state index is 0.0361. The van der Waals surface area contributed by atoms with Gasteiger partial charge in [0, 0.05) is 13.0 Å². The van der Waals surface area contributed by atoms with Gasteiger partial charge in [-0.15, -0.1) is 0 Å². The maximum Gasteiger partial charge on any atom is 0.326 e. The van der Waals surface area contributed by atoms with E-state index in [2.05, 4.69) is 19.2 Å². The van der Waals surface area contributed by atoms with E-state index in [4.69, 9.17) is 9.47 Å². The molecule has 4 heteroatoms. The molecule has 1 N–H and O–H groups in total. The number of esters is 1. The molecule has 4 nitrogen and oxygen atoms in total. The Hall–Kier alpha value is -0.610. The van der Waals surface area contributed by atoms with Gasteiger partial charge in [0.05, 0.1) is 12.7 Å². The molecule has 0 saturated carbocycles. The number of carbonyl (C=O) groups excluding carboxylic acids is 1. The Labute approximate surface area is 118 Å². The molecule has 114 valence electrons. The summed E-state index contributed by atoms with van der Waals surface area (Å²) in [5.41, 5.74) is -0.673. The topological polar surface area (TPSA) is 47.6 Å². The largest absolute Gasteiger partial charge is 0.465 e. The molecular formula is C15H31NO3. The van der Waals surface area contributed by atoms with Crippen LogP contribution in [-0.2, 0) is 14.3 Å². The lowest BCUT2D eigenvalue weighted by Gasteiger charge is -2.29. The third-order valence-corrected chi connectivity index (χ3v) is 3.30. The minimum Gasteiger partial charge on any atom is -0.465 e. The van der Waals surface area contributed by atoms with Gasteiger partial charge in [-0.2, -0.15) is 0 Å². The predicted molar refractivity (Wildman–Crippen MR) is 78.2 cm³/mol. The third kappa shape index (κ3) is 7.53. The number of hydrogen-bond donors (Lipinski definition) is 1. The Morgan fingerprint density at radius 2 is 1.95 bits per heavy atom. The molecule has 0 aliphatic carbocycles. The lowest BCUT2D eigenvalue weighted by molar-refractivity contribution is -0.152. The van der Waals surface area contributed by atoms with Crippen molar-refractivity contribution < 1.29 is 14.3 Å². The molecule has 0 saturated heterocycles. The van der Waals surface area contributed by atoms with Gasteiger partial charge in [-0.3, -0.25) is 4.79 Å². The summed E-state index contributed by atoms with van der Waals surface area (Å²) in [6.45, 7) is 11.3. The van der Waals surface area contributed by atoms with E-state index in [1.807, 2.05) is 20.8 Å². The van der Waals surface area contributed by atoms with Gasteiger partial charge in [-0.05, 0) is 46.6 Å². The highest BCUT2D eigenvalue weighted by Gasteiger charge is 2.34. The summed E-state index contributed by atoms with van der Waals surface area (Å²) in [7, 11) is 1.78. The SMILES string of the molecule is CCOC(=O)C(C)(CC(C)OCCCC(C)C)NC. The van der Waals surface area contributed by atoms with E-state index in [-0.39, 0.29) is 12.1 Å². The Morgan fingerprint density at radius 3 is 2.42 bits per heavy atom. The molecule has 0 aromatic carbocycles. The molecule has 0 radical (unpaired) electrons. The van der Waals surface area contributed by atoms with Gasteiger partial charge in [0.25, 0.3) is 0 Å². The first-order valence-corrected chi connectivity index (χ1v) is 7.33. The maximum atomic E-state index is 11.9. The van der Waals surface area contributed by atoms with Crippen LogP contribution >= 0.6 is 0 Å². The monoisotopic (exact) mass is 273 g/mol. The first-order valence-electron chi connectivity index (χ1n) is 7.33. The van der Waals surface area contributed by atoms with Crippen LogP contribution in [0.4, 0.5) is 0 Å².